The minimum Gasteiger partial charge on any atom is -0.342 e. The smallest absolute Gasteiger partial charge is 0.237 e. The van der Waals surface area contributed by atoms with Gasteiger partial charge in [0.15, 0.2) is 9.84 Å². The normalized spacial score (nSPS) is 24.0. The number of anilines is 1. The highest BCUT2D eigenvalue weighted by atomic mass is 32.2. The third-order valence-corrected chi connectivity index (χ3v) is 9.90. The molecule has 0 radical (unpaired) electrons. The monoisotopic (exact) mass is 479 g/mol. The SMILES string of the molecule is CC(CS(=O)(=O)c1ccc2c(c1)NC(=O)C(C)S2)C(=O)N1CCC(N2CCCCC2)CC1. The lowest BCUT2D eigenvalue weighted by atomic mass is 9.99. The van der Waals surface area contributed by atoms with Crippen molar-refractivity contribution in [2.24, 2.45) is 5.92 Å². The van der Waals surface area contributed by atoms with Gasteiger partial charge in [0.2, 0.25) is 11.8 Å². The van der Waals surface area contributed by atoms with E-state index < -0.39 is 15.8 Å². The topological polar surface area (TPSA) is 86.8 Å². The Bertz CT molecular complexity index is 967. The van der Waals surface area contributed by atoms with Crippen molar-refractivity contribution in [2.75, 3.05) is 37.2 Å². The second kappa shape index (κ2) is 9.73. The Labute approximate surface area is 195 Å². The molecular formula is C23H33N3O4S2. The Morgan fingerprint density at radius 2 is 1.84 bits per heavy atom. The second-order valence-electron chi connectivity index (χ2n) is 9.24. The number of likely N-dealkylation sites (tertiary alicyclic amines) is 2. The van der Waals surface area contributed by atoms with Crippen LogP contribution in [0.3, 0.4) is 0 Å². The maximum absolute atomic E-state index is 13.0. The van der Waals surface area contributed by atoms with Crippen molar-refractivity contribution in [1.82, 2.24) is 9.80 Å². The van der Waals surface area contributed by atoms with Crippen LogP contribution in [-0.2, 0) is 19.4 Å². The molecule has 0 spiro atoms. The number of hydrogen-bond donors (Lipinski definition) is 1. The van der Waals surface area contributed by atoms with E-state index >= 15 is 0 Å². The van der Waals surface area contributed by atoms with Gasteiger partial charge >= 0.3 is 0 Å². The lowest BCUT2D eigenvalue weighted by molar-refractivity contribution is -0.136. The van der Waals surface area contributed by atoms with Crippen LogP contribution in [0.4, 0.5) is 5.69 Å². The maximum Gasteiger partial charge on any atom is 0.237 e. The first kappa shape index (κ1) is 23.6. The van der Waals surface area contributed by atoms with E-state index in [1.54, 1.807) is 19.1 Å². The van der Waals surface area contributed by atoms with E-state index in [0.717, 1.165) is 30.8 Å². The lowest BCUT2D eigenvalue weighted by Crippen LogP contribution is -2.49. The van der Waals surface area contributed by atoms with Crippen LogP contribution < -0.4 is 5.32 Å². The van der Waals surface area contributed by atoms with Crippen molar-refractivity contribution in [3.63, 3.8) is 0 Å². The van der Waals surface area contributed by atoms with Gasteiger partial charge in [0.25, 0.3) is 0 Å². The van der Waals surface area contributed by atoms with Crippen LogP contribution >= 0.6 is 11.8 Å². The van der Waals surface area contributed by atoms with Gasteiger partial charge in [-0.3, -0.25) is 9.59 Å². The molecule has 3 heterocycles. The molecule has 2 unspecified atom stereocenters. The number of amides is 2. The molecule has 7 nitrogen and oxygen atoms in total. The minimum atomic E-state index is -3.65. The van der Waals surface area contributed by atoms with Crippen molar-refractivity contribution in [2.45, 2.75) is 67.0 Å². The third kappa shape index (κ3) is 5.15. The molecule has 3 aliphatic heterocycles. The Kier molecular flexibility index (Phi) is 7.17. The van der Waals surface area contributed by atoms with Crippen molar-refractivity contribution in [3.05, 3.63) is 18.2 Å². The fourth-order valence-corrected chi connectivity index (χ4v) is 7.42. The van der Waals surface area contributed by atoms with Crippen molar-refractivity contribution in [3.8, 4) is 0 Å². The fraction of sp³-hybridized carbons (Fsp3) is 0.652. The van der Waals surface area contributed by atoms with E-state index in [2.05, 4.69) is 10.2 Å². The summed E-state index contributed by atoms with van der Waals surface area (Å²) < 4.78 is 26.0. The zero-order valence-electron chi connectivity index (χ0n) is 18.9. The predicted octanol–water partition coefficient (Wildman–Crippen LogP) is 3.01. The van der Waals surface area contributed by atoms with Crippen molar-refractivity contribution < 1.29 is 18.0 Å². The van der Waals surface area contributed by atoms with E-state index in [1.165, 1.54) is 37.1 Å². The number of sulfone groups is 1. The molecule has 1 aromatic rings. The first-order valence-electron chi connectivity index (χ1n) is 11.6. The molecule has 2 atom stereocenters. The van der Waals surface area contributed by atoms with Crippen LogP contribution in [0.25, 0.3) is 0 Å². The molecule has 1 aromatic carbocycles. The average Bonchev–Trinajstić information content (AvgIpc) is 2.79. The highest BCUT2D eigenvalue weighted by Gasteiger charge is 2.32. The lowest BCUT2D eigenvalue weighted by Gasteiger charge is -2.40. The zero-order chi connectivity index (χ0) is 22.9. The number of rotatable bonds is 5. The van der Waals surface area contributed by atoms with Crippen LogP contribution in [0.2, 0.25) is 0 Å². The average molecular weight is 480 g/mol. The van der Waals surface area contributed by atoms with Crippen molar-refractivity contribution >= 4 is 39.1 Å². The Hall–Kier alpha value is -1.58. The number of piperidine rings is 2. The molecule has 2 fully saturated rings. The Morgan fingerprint density at radius 3 is 2.53 bits per heavy atom. The summed E-state index contributed by atoms with van der Waals surface area (Å²) >= 11 is 1.42. The van der Waals surface area contributed by atoms with Crippen LogP contribution in [0, 0.1) is 5.92 Å². The molecule has 0 aliphatic carbocycles. The summed E-state index contributed by atoms with van der Waals surface area (Å²) in [5, 5.41) is 2.57. The molecule has 0 bridgehead atoms. The van der Waals surface area contributed by atoms with Crippen LogP contribution in [-0.4, -0.2) is 73.3 Å². The molecular weight excluding hydrogens is 446 g/mol. The van der Waals surface area contributed by atoms with Gasteiger partial charge in [-0.05, 0) is 63.9 Å². The second-order valence-corrected chi connectivity index (χ2v) is 12.7. The number of hydrogen-bond acceptors (Lipinski definition) is 6. The Balaban J connectivity index is 1.36. The number of carbonyl (C=O) groups excluding carboxylic acids is 2. The first-order valence-corrected chi connectivity index (χ1v) is 14.1. The number of fused-ring (bicyclic) bond motifs is 1. The maximum atomic E-state index is 13.0. The highest BCUT2D eigenvalue weighted by molar-refractivity contribution is 8.01. The quantitative estimate of drug-likeness (QED) is 0.699. The molecule has 3 aliphatic rings. The van der Waals surface area contributed by atoms with E-state index in [4.69, 9.17) is 0 Å². The molecule has 2 amide bonds. The van der Waals surface area contributed by atoms with E-state index in [-0.39, 0.29) is 27.7 Å². The van der Waals surface area contributed by atoms with E-state index in [1.807, 2.05) is 11.8 Å². The summed E-state index contributed by atoms with van der Waals surface area (Å²) in [6.07, 6.45) is 5.77. The molecule has 0 saturated carbocycles. The van der Waals surface area contributed by atoms with Gasteiger partial charge in [-0.1, -0.05) is 13.3 Å². The standard InChI is InChI=1S/C23H33N3O4S2/c1-16(23(28)26-12-8-18(9-13-26)25-10-4-3-5-11-25)15-32(29,30)19-6-7-21-20(14-19)24-22(27)17(2)31-21/h6-7,14,16-18H,3-5,8-13,15H2,1-2H3,(H,24,27). The number of nitrogens with zero attached hydrogens (tertiary/aromatic N) is 2. The van der Waals surface area contributed by atoms with Crippen LogP contribution in [0.1, 0.15) is 46.0 Å². The minimum absolute atomic E-state index is 0.0821. The number of benzene rings is 1. The molecule has 9 heteroatoms. The number of nitrogens with one attached hydrogen (secondary N) is 1. The van der Waals surface area contributed by atoms with Gasteiger partial charge in [0.1, 0.15) is 0 Å². The molecule has 176 valence electrons. The predicted molar refractivity (Wildman–Crippen MR) is 127 cm³/mol. The summed E-state index contributed by atoms with van der Waals surface area (Å²) in [6, 6.07) is 5.38. The third-order valence-electron chi connectivity index (χ3n) is 6.82. The zero-order valence-corrected chi connectivity index (χ0v) is 20.5. The van der Waals surface area contributed by atoms with Crippen LogP contribution in [0.15, 0.2) is 28.0 Å². The largest absolute Gasteiger partial charge is 0.342 e. The highest BCUT2D eigenvalue weighted by Crippen LogP contribution is 2.37. The summed E-state index contributed by atoms with van der Waals surface area (Å²) in [5.41, 5.74) is 0.526. The molecule has 4 rings (SSSR count). The van der Waals surface area contributed by atoms with E-state index in [9.17, 15) is 18.0 Å². The van der Waals surface area contributed by atoms with Gasteiger partial charge in [0.05, 0.1) is 21.6 Å². The van der Waals surface area contributed by atoms with Gasteiger partial charge in [-0.2, -0.15) is 0 Å². The summed E-state index contributed by atoms with van der Waals surface area (Å²) in [6.45, 7) is 7.23. The molecule has 0 aromatic heterocycles. The van der Waals surface area contributed by atoms with Crippen molar-refractivity contribution in [1.29, 1.82) is 0 Å². The molecule has 1 N–H and O–H groups in total. The molecule has 32 heavy (non-hydrogen) atoms. The summed E-state index contributed by atoms with van der Waals surface area (Å²) in [7, 11) is -3.65. The molecule has 2 saturated heterocycles. The van der Waals surface area contributed by atoms with Gasteiger partial charge in [-0.15, -0.1) is 11.8 Å². The summed E-state index contributed by atoms with van der Waals surface area (Å²) in [5.74, 6) is -1.05. The van der Waals surface area contributed by atoms with Gasteiger partial charge in [-0.25, -0.2) is 8.42 Å². The van der Waals surface area contributed by atoms with Gasteiger partial charge < -0.3 is 15.1 Å². The van der Waals surface area contributed by atoms with Crippen LogP contribution in [0.5, 0.6) is 0 Å². The summed E-state index contributed by atoms with van der Waals surface area (Å²) in [4.78, 5) is 30.3. The number of thioether (sulfide) groups is 1. The Morgan fingerprint density at radius 1 is 1.16 bits per heavy atom. The fourth-order valence-electron chi connectivity index (χ4n) is 4.92. The number of carbonyl (C=O) groups is 2. The van der Waals surface area contributed by atoms with E-state index in [0.29, 0.717) is 24.8 Å². The van der Waals surface area contributed by atoms with Gasteiger partial charge in [0, 0.05) is 29.9 Å². The first-order chi connectivity index (χ1) is 15.2.